The summed E-state index contributed by atoms with van der Waals surface area (Å²) in [5.74, 6) is 0.162. The Balaban J connectivity index is 2.44. The molecule has 0 fully saturated rings. The smallest absolute Gasteiger partial charge is 0.311 e. The van der Waals surface area contributed by atoms with Gasteiger partial charge < -0.3 is 9.15 Å². The summed E-state index contributed by atoms with van der Waals surface area (Å²) >= 11 is 0. The number of nitrogens with zero attached hydrogens (tertiary/aromatic N) is 6. The lowest BCUT2D eigenvalue weighted by Gasteiger charge is -2.04. The van der Waals surface area contributed by atoms with E-state index in [0.717, 1.165) is 0 Å². The molecule has 0 saturated carbocycles. The van der Waals surface area contributed by atoms with E-state index in [1.54, 1.807) is 6.92 Å². The van der Waals surface area contributed by atoms with Crippen molar-refractivity contribution in [2.24, 2.45) is 5.11 Å². The van der Waals surface area contributed by atoms with Crippen LogP contribution in [0.1, 0.15) is 6.92 Å². The fraction of sp³-hybridized carbons (Fsp3) is 0.200. The second kappa shape index (κ2) is 5.67. The van der Waals surface area contributed by atoms with Gasteiger partial charge in [-0.05, 0) is 24.6 Å². The molecule has 2 aromatic rings. The van der Waals surface area contributed by atoms with Gasteiger partial charge in [0.25, 0.3) is 0 Å². The summed E-state index contributed by atoms with van der Waals surface area (Å²) < 4.78 is 10.2. The van der Waals surface area contributed by atoms with Crippen molar-refractivity contribution < 1.29 is 14.1 Å². The maximum atomic E-state index is 11.0. The third kappa shape index (κ3) is 2.65. The lowest BCUT2D eigenvalue weighted by Crippen LogP contribution is -1.97. The highest BCUT2D eigenvalue weighted by atomic mass is 16.6. The maximum absolute atomic E-state index is 11.0. The Morgan fingerprint density at radius 1 is 1.55 bits per heavy atom. The molecule has 0 unspecified atom stereocenters. The first kappa shape index (κ1) is 13.3. The SMILES string of the molecule is CCOc1ccc(-c2nnc(N=[N+]=[N-])o2)cc1[N+](=O)[O-]. The first-order valence-electron chi connectivity index (χ1n) is 5.46. The molecule has 10 heteroatoms. The third-order valence-corrected chi connectivity index (χ3v) is 2.25. The summed E-state index contributed by atoms with van der Waals surface area (Å²) in [5.41, 5.74) is 8.35. The van der Waals surface area contributed by atoms with Gasteiger partial charge in [-0.25, -0.2) is 0 Å². The molecule has 0 spiro atoms. The van der Waals surface area contributed by atoms with Crippen molar-refractivity contribution in [3.8, 4) is 17.2 Å². The molecule has 0 amide bonds. The predicted molar refractivity (Wildman–Crippen MR) is 66.4 cm³/mol. The van der Waals surface area contributed by atoms with E-state index in [9.17, 15) is 10.1 Å². The molecule has 1 aromatic carbocycles. The Bertz CT molecular complexity index is 691. The van der Waals surface area contributed by atoms with Crippen molar-refractivity contribution in [2.45, 2.75) is 6.92 Å². The van der Waals surface area contributed by atoms with E-state index >= 15 is 0 Å². The number of azide groups is 1. The molecule has 0 radical (unpaired) electrons. The molecular weight excluding hydrogens is 268 g/mol. The molecule has 0 N–H and O–H groups in total. The highest BCUT2D eigenvalue weighted by Crippen LogP contribution is 2.32. The molecule has 2 rings (SSSR count). The topological polar surface area (TPSA) is 140 Å². The molecule has 0 bridgehead atoms. The van der Waals surface area contributed by atoms with Crippen LogP contribution in [0.15, 0.2) is 27.7 Å². The Kier molecular flexibility index (Phi) is 3.77. The number of hydrogen-bond donors (Lipinski definition) is 0. The second-order valence-corrected chi connectivity index (χ2v) is 3.45. The molecule has 1 aromatic heterocycles. The first-order chi connectivity index (χ1) is 9.65. The van der Waals surface area contributed by atoms with Crippen LogP contribution < -0.4 is 4.74 Å². The molecular formula is C10H8N6O4. The molecule has 1 heterocycles. The number of hydrogen-bond acceptors (Lipinski definition) is 7. The van der Waals surface area contributed by atoms with Gasteiger partial charge in [0, 0.05) is 21.7 Å². The van der Waals surface area contributed by atoms with Crippen LogP contribution in [0.25, 0.3) is 21.9 Å². The van der Waals surface area contributed by atoms with Gasteiger partial charge in [0.15, 0.2) is 5.75 Å². The number of benzene rings is 1. The zero-order valence-corrected chi connectivity index (χ0v) is 10.3. The molecule has 0 atom stereocenters. The summed E-state index contributed by atoms with van der Waals surface area (Å²) in [6.45, 7) is 2.03. The minimum absolute atomic E-state index is 0.0125. The highest BCUT2D eigenvalue weighted by molar-refractivity contribution is 5.62. The minimum Gasteiger partial charge on any atom is -0.487 e. The van der Waals surface area contributed by atoms with Crippen LogP contribution in [0.4, 0.5) is 11.7 Å². The van der Waals surface area contributed by atoms with Crippen molar-refractivity contribution in [1.29, 1.82) is 0 Å². The van der Waals surface area contributed by atoms with Crippen LogP contribution in [0.3, 0.4) is 0 Å². The van der Waals surface area contributed by atoms with Crippen LogP contribution in [0.5, 0.6) is 5.75 Å². The normalized spacial score (nSPS) is 9.85. The van der Waals surface area contributed by atoms with E-state index in [-0.39, 0.29) is 23.3 Å². The van der Waals surface area contributed by atoms with Crippen molar-refractivity contribution in [1.82, 2.24) is 10.2 Å². The largest absolute Gasteiger partial charge is 0.487 e. The average Bonchev–Trinajstić information content (AvgIpc) is 2.88. The van der Waals surface area contributed by atoms with Crippen molar-refractivity contribution in [3.63, 3.8) is 0 Å². The quantitative estimate of drug-likeness (QED) is 0.270. The van der Waals surface area contributed by atoms with Crippen molar-refractivity contribution in [3.05, 3.63) is 38.8 Å². The Labute approximate surface area is 111 Å². The molecule has 20 heavy (non-hydrogen) atoms. The fourth-order valence-electron chi connectivity index (χ4n) is 1.48. The van der Waals surface area contributed by atoms with E-state index in [2.05, 4.69) is 20.2 Å². The summed E-state index contributed by atoms with van der Waals surface area (Å²) in [7, 11) is 0. The number of nitro benzene ring substituents is 1. The van der Waals surface area contributed by atoms with Crippen LogP contribution in [0.2, 0.25) is 0 Å². The monoisotopic (exact) mass is 276 g/mol. The molecule has 102 valence electrons. The highest BCUT2D eigenvalue weighted by Gasteiger charge is 2.18. The van der Waals surface area contributed by atoms with E-state index in [4.69, 9.17) is 14.7 Å². The van der Waals surface area contributed by atoms with Gasteiger partial charge in [-0.2, -0.15) is 0 Å². The number of rotatable bonds is 5. The fourth-order valence-corrected chi connectivity index (χ4v) is 1.48. The maximum Gasteiger partial charge on any atom is 0.311 e. The molecule has 0 aliphatic rings. The number of aromatic nitrogens is 2. The molecule has 0 saturated heterocycles. The summed E-state index contributed by atoms with van der Waals surface area (Å²) in [4.78, 5) is 12.9. The molecule has 10 nitrogen and oxygen atoms in total. The van der Waals surface area contributed by atoms with Gasteiger partial charge in [0.1, 0.15) is 0 Å². The number of ether oxygens (including phenoxy) is 1. The van der Waals surface area contributed by atoms with Crippen LogP contribution in [-0.4, -0.2) is 21.7 Å². The van der Waals surface area contributed by atoms with Gasteiger partial charge in [-0.15, -0.1) is 10.2 Å². The average molecular weight is 276 g/mol. The lowest BCUT2D eigenvalue weighted by atomic mass is 10.2. The van der Waals surface area contributed by atoms with Gasteiger partial charge in [-0.3, -0.25) is 10.1 Å². The lowest BCUT2D eigenvalue weighted by molar-refractivity contribution is -0.385. The van der Waals surface area contributed by atoms with Crippen LogP contribution in [-0.2, 0) is 0 Å². The number of nitro groups is 1. The van der Waals surface area contributed by atoms with Crippen molar-refractivity contribution >= 4 is 11.7 Å². The summed E-state index contributed by atoms with van der Waals surface area (Å²) in [5, 5.41) is 21.2. The van der Waals surface area contributed by atoms with Crippen molar-refractivity contribution in [2.75, 3.05) is 6.61 Å². The Morgan fingerprint density at radius 2 is 2.35 bits per heavy atom. The third-order valence-electron chi connectivity index (χ3n) is 2.25. The van der Waals surface area contributed by atoms with Crippen LogP contribution >= 0.6 is 0 Å². The van der Waals surface area contributed by atoms with Gasteiger partial charge in [0.2, 0.25) is 5.89 Å². The minimum atomic E-state index is -0.570. The molecule has 0 aliphatic carbocycles. The van der Waals surface area contributed by atoms with Gasteiger partial charge in [-0.1, -0.05) is 0 Å². The summed E-state index contributed by atoms with van der Waals surface area (Å²) in [6, 6.07) is 3.96. The Morgan fingerprint density at radius 3 is 3.00 bits per heavy atom. The molecule has 0 aliphatic heterocycles. The van der Waals surface area contributed by atoms with Crippen LogP contribution in [0, 0.1) is 10.1 Å². The first-order valence-corrected chi connectivity index (χ1v) is 5.46. The van der Waals surface area contributed by atoms with Gasteiger partial charge in [0.05, 0.1) is 11.5 Å². The second-order valence-electron chi connectivity index (χ2n) is 3.45. The van der Waals surface area contributed by atoms with E-state index in [0.29, 0.717) is 12.2 Å². The summed E-state index contributed by atoms with van der Waals surface area (Å²) in [6.07, 6.45) is 0. The van der Waals surface area contributed by atoms with E-state index in [1.807, 2.05) is 0 Å². The zero-order chi connectivity index (χ0) is 14.5. The van der Waals surface area contributed by atoms with Gasteiger partial charge >= 0.3 is 11.7 Å². The predicted octanol–water partition coefficient (Wildman–Crippen LogP) is 2.99. The zero-order valence-electron chi connectivity index (χ0n) is 10.3. The van der Waals surface area contributed by atoms with E-state index in [1.165, 1.54) is 18.2 Å². The Hall–Kier alpha value is -3.13. The van der Waals surface area contributed by atoms with E-state index < -0.39 is 4.92 Å². The standard InChI is InChI=1S/C10H8N6O4/c1-2-19-8-4-3-6(5-7(8)16(17)18)9-12-13-10(20-9)14-15-11/h3-5H,2H2,1H3.